The van der Waals surface area contributed by atoms with E-state index in [2.05, 4.69) is 30.3 Å². The molecular formula is C18H18FN. The number of hydrogen-bond acceptors (Lipinski definition) is 1. The van der Waals surface area contributed by atoms with Gasteiger partial charge in [0.15, 0.2) is 0 Å². The molecule has 0 saturated heterocycles. The zero-order chi connectivity index (χ0) is 14.4. The van der Waals surface area contributed by atoms with Gasteiger partial charge in [0.25, 0.3) is 0 Å². The summed E-state index contributed by atoms with van der Waals surface area (Å²) in [5.41, 5.74) is 2.17. The standard InChI is InChI=1S/C18H18FN/c1-3-7-14(2)20-18(15-8-5-4-6-9-15)16-10-12-17(19)13-11-16/h1,4-6,8-14,18,20H,7H2,2H3. The van der Waals surface area contributed by atoms with E-state index >= 15 is 0 Å². The fourth-order valence-corrected chi connectivity index (χ4v) is 2.21. The smallest absolute Gasteiger partial charge is 0.123 e. The van der Waals surface area contributed by atoms with E-state index < -0.39 is 0 Å². The number of terminal acetylenes is 1. The number of benzene rings is 2. The van der Waals surface area contributed by atoms with Crippen LogP contribution in [0.1, 0.15) is 30.5 Å². The quantitative estimate of drug-likeness (QED) is 0.810. The minimum Gasteiger partial charge on any atom is -0.303 e. The van der Waals surface area contributed by atoms with Crippen LogP contribution in [-0.4, -0.2) is 6.04 Å². The number of rotatable bonds is 5. The Hall–Kier alpha value is -2.11. The van der Waals surface area contributed by atoms with E-state index in [0.717, 1.165) is 11.1 Å². The molecular weight excluding hydrogens is 249 g/mol. The first-order chi connectivity index (χ1) is 9.70. The summed E-state index contributed by atoms with van der Waals surface area (Å²) in [5.74, 6) is 2.44. The molecule has 0 saturated carbocycles. The lowest BCUT2D eigenvalue weighted by Crippen LogP contribution is -2.31. The summed E-state index contributed by atoms with van der Waals surface area (Å²) < 4.78 is 13.1. The third-order valence-corrected chi connectivity index (χ3v) is 3.21. The second-order valence-corrected chi connectivity index (χ2v) is 4.87. The van der Waals surface area contributed by atoms with Crippen LogP contribution in [0.2, 0.25) is 0 Å². The van der Waals surface area contributed by atoms with Crippen molar-refractivity contribution in [2.24, 2.45) is 0 Å². The van der Waals surface area contributed by atoms with Crippen molar-refractivity contribution in [2.45, 2.75) is 25.4 Å². The maximum Gasteiger partial charge on any atom is 0.123 e. The van der Waals surface area contributed by atoms with Gasteiger partial charge in [-0.1, -0.05) is 42.5 Å². The lowest BCUT2D eigenvalue weighted by atomic mass is 9.97. The third-order valence-electron chi connectivity index (χ3n) is 3.21. The predicted octanol–water partition coefficient (Wildman–Crippen LogP) is 3.92. The highest BCUT2D eigenvalue weighted by Crippen LogP contribution is 2.23. The maximum absolute atomic E-state index is 13.1. The molecule has 0 heterocycles. The average Bonchev–Trinajstić information content (AvgIpc) is 2.47. The lowest BCUT2D eigenvalue weighted by molar-refractivity contribution is 0.506. The first-order valence-corrected chi connectivity index (χ1v) is 6.70. The second kappa shape index (κ2) is 6.88. The highest BCUT2D eigenvalue weighted by molar-refractivity contribution is 5.32. The van der Waals surface area contributed by atoms with E-state index in [-0.39, 0.29) is 17.9 Å². The van der Waals surface area contributed by atoms with Gasteiger partial charge in [0.1, 0.15) is 5.82 Å². The molecule has 2 heteroatoms. The van der Waals surface area contributed by atoms with Gasteiger partial charge >= 0.3 is 0 Å². The Balaban J connectivity index is 2.29. The van der Waals surface area contributed by atoms with Gasteiger partial charge in [-0.25, -0.2) is 4.39 Å². The maximum atomic E-state index is 13.1. The summed E-state index contributed by atoms with van der Waals surface area (Å²) in [6.45, 7) is 2.05. The zero-order valence-electron chi connectivity index (χ0n) is 11.5. The number of hydrogen-bond donors (Lipinski definition) is 1. The van der Waals surface area contributed by atoms with E-state index in [1.807, 2.05) is 30.3 Å². The van der Waals surface area contributed by atoms with E-state index in [9.17, 15) is 4.39 Å². The minimum atomic E-state index is -0.225. The minimum absolute atomic E-state index is 0.0140. The molecule has 20 heavy (non-hydrogen) atoms. The molecule has 2 rings (SSSR count). The van der Waals surface area contributed by atoms with Crippen molar-refractivity contribution in [2.75, 3.05) is 0 Å². The average molecular weight is 267 g/mol. The first kappa shape index (κ1) is 14.3. The van der Waals surface area contributed by atoms with Gasteiger partial charge in [0.05, 0.1) is 6.04 Å². The summed E-state index contributed by atoms with van der Waals surface area (Å²) in [7, 11) is 0. The van der Waals surface area contributed by atoms with Crippen LogP contribution in [0.5, 0.6) is 0 Å². The Bertz CT molecular complexity index is 569. The van der Waals surface area contributed by atoms with Crippen molar-refractivity contribution in [3.63, 3.8) is 0 Å². The van der Waals surface area contributed by atoms with Crippen LogP contribution in [-0.2, 0) is 0 Å². The van der Waals surface area contributed by atoms with Gasteiger partial charge in [-0.2, -0.15) is 0 Å². The van der Waals surface area contributed by atoms with Crippen LogP contribution in [0.25, 0.3) is 0 Å². The van der Waals surface area contributed by atoms with Crippen molar-refractivity contribution in [1.29, 1.82) is 0 Å². The van der Waals surface area contributed by atoms with Gasteiger partial charge in [-0.15, -0.1) is 12.3 Å². The van der Waals surface area contributed by atoms with Crippen LogP contribution >= 0.6 is 0 Å². The Labute approximate surface area is 119 Å². The summed E-state index contributed by atoms with van der Waals surface area (Å²) in [6.07, 6.45) is 6.02. The molecule has 2 atom stereocenters. The third kappa shape index (κ3) is 3.69. The van der Waals surface area contributed by atoms with E-state index in [1.54, 1.807) is 0 Å². The molecule has 0 fully saturated rings. The Kier molecular flexibility index (Phi) is 4.92. The Morgan fingerprint density at radius 2 is 1.65 bits per heavy atom. The lowest BCUT2D eigenvalue weighted by Gasteiger charge is -2.23. The number of nitrogens with one attached hydrogen (secondary N) is 1. The molecule has 0 amide bonds. The Morgan fingerprint density at radius 3 is 2.25 bits per heavy atom. The van der Waals surface area contributed by atoms with Gasteiger partial charge < -0.3 is 5.32 Å². The normalized spacial score (nSPS) is 13.4. The van der Waals surface area contributed by atoms with E-state index in [0.29, 0.717) is 6.42 Å². The van der Waals surface area contributed by atoms with Gasteiger partial charge in [-0.05, 0) is 30.2 Å². The molecule has 102 valence electrons. The van der Waals surface area contributed by atoms with E-state index in [4.69, 9.17) is 6.42 Å². The zero-order valence-corrected chi connectivity index (χ0v) is 11.5. The van der Waals surface area contributed by atoms with Crippen molar-refractivity contribution in [1.82, 2.24) is 5.32 Å². The summed E-state index contributed by atoms with van der Waals surface area (Å²) >= 11 is 0. The molecule has 0 radical (unpaired) electrons. The fraction of sp³-hybridized carbons (Fsp3) is 0.222. The molecule has 1 N–H and O–H groups in total. The van der Waals surface area contributed by atoms with Crippen LogP contribution in [0, 0.1) is 18.2 Å². The monoisotopic (exact) mass is 267 g/mol. The molecule has 0 bridgehead atoms. The second-order valence-electron chi connectivity index (χ2n) is 4.87. The molecule has 0 aliphatic heterocycles. The summed E-state index contributed by atoms with van der Waals surface area (Å²) in [6, 6.07) is 16.9. The van der Waals surface area contributed by atoms with Crippen LogP contribution in [0.3, 0.4) is 0 Å². The summed E-state index contributed by atoms with van der Waals surface area (Å²) in [4.78, 5) is 0. The van der Waals surface area contributed by atoms with E-state index in [1.165, 1.54) is 12.1 Å². The predicted molar refractivity (Wildman–Crippen MR) is 80.7 cm³/mol. The van der Waals surface area contributed by atoms with Crippen LogP contribution < -0.4 is 5.32 Å². The molecule has 2 aromatic carbocycles. The fourth-order valence-electron chi connectivity index (χ4n) is 2.21. The molecule has 2 unspecified atom stereocenters. The van der Waals surface area contributed by atoms with Crippen LogP contribution in [0.15, 0.2) is 54.6 Å². The molecule has 0 spiro atoms. The molecule has 0 aliphatic carbocycles. The molecule has 0 aliphatic rings. The highest BCUT2D eigenvalue weighted by atomic mass is 19.1. The molecule has 0 aromatic heterocycles. The Morgan fingerprint density at radius 1 is 1.05 bits per heavy atom. The van der Waals surface area contributed by atoms with Crippen molar-refractivity contribution in [3.8, 4) is 12.3 Å². The largest absolute Gasteiger partial charge is 0.303 e. The van der Waals surface area contributed by atoms with Gasteiger partial charge in [0, 0.05) is 12.5 Å². The molecule has 2 aromatic rings. The van der Waals surface area contributed by atoms with Crippen molar-refractivity contribution >= 4 is 0 Å². The van der Waals surface area contributed by atoms with Crippen LogP contribution in [0.4, 0.5) is 4.39 Å². The highest BCUT2D eigenvalue weighted by Gasteiger charge is 2.15. The van der Waals surface area contributed by atoms with Crippen molar-refractivity contribution in [3.05, 3.63) is 71.5 Å². The topological polar surface area (TPSA) is 12.0 Å². The molecule has 1 nitrogen and oxygen atoms in total. The summed E-state index contributed by atoms with van der Waals surface area (Å²) in [5, 5.41) is 3.50. The first-order valence-electron chi connectivity index (χ1n) is 6.70. The van der Waals surface area contributed by atoms with Gasteiger partial charge in [-0.3, -0.25) is 0 Å². The number of halogens is 1. The van der Waals surface area contributed by atoms with Crippen molar-refractivity contribution < 1.29 is 4.39 Å². The SMILES string of the molecule is C#CCC(C)NC(c1ccccc1)c1ccc(F)cc1. The van der Waals surface area contributed by atoms with Gasteiger partial charge in [0.2, 0.25) is 0 Å².